The lowest BCUT2D eigenvalue weighted by Gasteiger charge is -2.10. The number of hydrogen-bond donors (Lipinski definition) is 3. The molecule has 0 saturated carbocycles. The first kappa shape index (κ1) is 19.5. The van der Waals surface area contributed by atoms with Gasteiger partial charge in [-0.2, -0.15) is 0 Å². The number of para-hydroxylation sites is 1. The lowest BCUT2D eigenvalue weighted by molar-refractivity contribution is 0.262. The fourth-order valence-corrected chi connectivity index (χ4v) is 3.56. The van der Waals surface area contributed by atoms with E-state index in [1.807, 2.05) is 78.9 Å². The van der Waals surface area contributed by atoms with Crippen LogP contribution in [0.4, 0.5) is 20.6 Å². The van der Waals surface area contributed by atoms with Crippen molar-refractivity contribution in [1.82, 2.24) is 9.97 Å². The molecule has 5 nitrogen and oxygen atoms in total. The Bertz CT molecular complexity index is 1410. The number of urea groups is 1. The summed E-state index contributed by atoms with van der Waals surface area (Å²) in [5, 5.41) is 5.67. The normalized spacial score (nSPS) is 10.8. The summed E-state index contributed by atoms with van der Waals surface area (Å²) in [5.41, 5.74) is 5.58. The van der Waals surface area contributed by atoms with E-state index >= 15 is 0 Å². The molecule has 0 radical (unpaired) electrons. The van der Waals surface area contributed by atoms with Crippen molar-refractivity contribution in [2.24, 2.45) is 0 Å². The minimum Gasteiger partial charge on any atom is -0.338 e. The second-order valence-electron chi connectivity index (χ2n) is 7.35. The van der Waals surface area contributed by atoms with Crippen molar-refractivity contribution in [2.75, 3.05) is 10.6 Å². The molecule has 3 N–H and O–H groups in total. The van der Waals surface area contributed by atoms with Gasteiger partial charge in [-0.25, -0.2) is 14.2 Å². The molecule has 0 unspecified atom stereocenters. The van der Waals surface area contributed by atoms with Gasteiger partial charge in [-0.1, -0.05) is 48.5 Å². The van der Waals surface area contributed by atoms with Gasteiger partial charge in [0.2, 0.25) is 0 Å². The van der Waals surface area contributed by atoms with Crippen LogP contribution in [-0.2, 0) is 0 Å². The van der Waals surface area contributed by atoms with Gasteiger partial charge in [0.05, 0.1) is 11.0 Å². The van der Waals surface area contributed by atoms with E-state index in [9.17, 15) is 9.18 Å². The van der Waals surface area contributed by atoms with Crippen molar-refractivity contribution >= 4 is 28.4 Å². The number of nitrogens with one attached hydrogen (secondary N) is 3. The Morgan fingerprint density at radius 3 is 2.25 bits per heavy atom. The number of H-pyrrole nitrogens is 1. The highest BCUT2D eigenvalue weighted by Gasteiger charge is 2.09. The Balaban J connectivity index is 1.38. The number of amides is 2. The van der Waals surface area contributed by atoms with E-state index in [-0.39, 0.29) is 11.8 Å². The number of carbonyl (C=O) groups is 1. The molecule has 0 atom stereocenters. The molecule has 5 rings (SSSR count). The number of fused-ring (bicyclic) bond motifs is 1. The maximum Gasteiger partial charge on any atom is 0.323 e. The van der Waals surface area contributed by atoms with Crippen LogP contribution in [0.25, 0.3) is 33.5 Å². The van der Waals surface area contributed by atoms with Crippen LogP contribution in [0.2, 0.25) is 0 Å². The van der Waals surface area contributed by atoms with E-state index in [4.69, 9.17) is 0 Å². The molecular weight excluding hydrogens is 403 g/mol. The fourth-order valence-electron chi connectivity index (χ4n) is 3.56. The standard InChI is InChI=1S/C26H19FN4O/c27-20-12-13-23-24(16-20)31-25(30-23)19-8-4-6-17(14-19)18-7-5-11-22(15-18)29-26(32)28-21-9-2-1-3-10-21/h1-16H,(H,30,31)(H2,28,29,32). The predicted molar refractivity (Wildman–Crippen MR) is 126 cm³/mol. The van der Waals surface area contributed by atoms with Crippen molar-refractivity contribution in [3.63, 3.8) is 0 Å². The van der Waals surface area contributed by atoms with Gasteiger partial charge in [-0.05, 0) is 59.7 Å². The average molecular weight is 422 g/mol. The zero-order valence-electron chi connectivity index (χ0n) is 17.0. The summed E-state index contributed by atoms with van der Waals surface area (Å²) in [6.07, 6.45) is 0. The van der Waals surface area contributed by atoms with Crippen molar-refractivity contribution < 1.29 is 9.18 Å². The summed E-state index contributed by atoms with van der Waals surface area (Å²) in [5.74, 6) is 0.367. The number of anilines is 2. The highest BCUT2D eigenvalue weighted by molar-refractivity contribution is 6.00. The molecule has 2 amide bonds. The van der Waals surface area contributed by atoms with Crippen LogP contribution >= 0.6 is 0 Å². The summed E-state index contributed by atoms with van der Waals surface area (Å²) in [6, 6.07) is 29.0. The van der Waals surface area contributed by atoms with Gasteiger partial charge >= 0.3 is 6.03 Å². The van der Waals surface area contributed by atoms with Crippen LogP contribution in [0.5, 0.6) is 0 Å². The Hall–Kier alpha value is -4.45. The number of aromatic amines is 1. The number of halogens is 1. The molecule has 6 heteroatoms. The monoisotopic (exact) mass is 422 g/mol. The first-order valence-corrected chi connectivity index (χ1v) is 10.1. The molecule has 0 spiro atoms. The van der Waals surface area contributed by atoms with Crippen LogP contribution < -0.4 is 10.6 Å². The predicted octanol–water partition coefficient (Wildman–Crippen LogP) is 6.68. The van der Waals surface area contributed by atoms with Crippen molar-refractivity contribution in [2.45, 2.75) is 0 Å². The van der Waals surface area contributed by atoms with Gasteiger partial charge < -0.3 is 15.6 Å². The largest absolute Gasteiger partial charge is 0.338 e. The van der Waals surface area contributed by atoms with Crippen molar-refractivity contribution in [3.8, 4) is 22.5 Å². The second kappa shape index (κ2) is 8.35. The van der Waals surface area contributed by atoms with Crippen molar-refractivity contribution in [3.05, 3.63) is 103 Å². The molecule has 1 heterocycles. The number of aromatic nitrogens is 2. The summed E-state index contributed by atoms with van der Waals surface area (Å²) in [4.78, 5) is 20.1. The zero-order valence-corrected chi connectivity index (χ0v) is 17.0. The maximum absolute atomic E-state index is 13.5. The molecule has 0 saturated heterocycles. The lowest BCUT2D eigenvalue weighted by Crippen LogP contribution is -2.19. The van der Waals surface area contributed by atoms with Crippen LogP contribution in [-0.4, -0.2) is 16.0 Å². The molecule has 4 aromatic carbocycles. The highest BCUT2D eigenvalue weighted by Crippen LogP contribution is 2.28. The Morgan fingerprint density at radius 1 is 0.719 bits per heavy atom. The molecule has 156 valence electrons. The van der Waals surface area contributed by atoms with E-state index < -0.39 is 0 Å². The minimum absolute atomic E-state index is 0.304. The molecule has 0 aliphatic carbocycles. The van der Waals surface area contributed by atoms with Crippen LogP contribution in [0.15, 0.2) is 97.1 Å². The van der Waals surface area contributed by atoms with Gasteiger partial charge in [-0.15, -0.1) is 0 Å². The zero-order chi connectivity index (χ0) is 21.9. The molecule has 1 aromatic heterocycles. The van der Waals surface area contributed by atoms with Crippen molar-refractivity contribution in [1.29, 1.82) is 0 Å². The van der Waals surface area contributed by atoms with Gasteiger partial charge in [0.15, 0.2) is 0 Å². The third-order valence-electron chi connectivity index (χ3n) is 5.07. The topological polar surface area (TPSA) is 69.8 Å². The van der Waals surface area contributed by atoms with Gasteiger partial charge in [0.25, 0.3) is 0 Å². The van der Waals surface area contributed by atoms with Crippen LogP contribution in [0.3, 0.4) is 0 Å². The number of carbonyl (C=O) groups excluding carboxylic acids is 1. The number of benzene rings is 4. The molecule has 0 fully saturated rings. The second-order valence-corrected chi connectivity index (χ2v) is 7.35. The number of hydrogen-bond acceptors (Lipinski definition) is 2. The maximum atomic E-state index is 13.5. The first-order chi connectivity index (χ1) is 15.6. The summed E-state index contributed by atoms with van der Waals surface area (Å²) in [6.45, 7) is 0. The van der Waals surface area contributed by atoms with E-state index in [2.05, 4.69) is 20.6 Å². The SMILES string of the molecule is O=C(Nc1ccccc1)Nc1cccc(-c2cccc(-c3nc4ccc(F)cc4[nH]3)c2)c1. The van der Waals surface area contributed by atoms with E-state index in [0.717, 1.165) is 22.4 Å². The van der Waals surface area contributed by atoms with E-state index in [1.54, 1.807) is 6.07 Å². The van der Waals surface area contributed by atoms with Crippen LogP contribution in [0.1, 0.15) is 0 Å². The molecule has 5 aromatic rings. The Labute approximate surface area is 184 Å². The minimum atomic E-state index is -0.309. The van der Waals surface area contributed by atoms with Crippen LogP contribution in [0, 0.1) is 5.82 Å². The van der Waals surface area contributed by atoms with E-state index in [1.165, 1.54) is 12.1 Å². The average Bonchev–Trinajstić information content (AvgIpc) is 3.23. The highest BCUT2D eigenvalue weighted by atomic mass is 19.1. The molecule has 0 aliphatic rings. The molecule has 0 bridgehead atoms. The fraction of sp³-hybridized carbons (Fsp3) is 0. The number of nitrogens with zero attached hydrogens (tertiary/aromatic N) is 1. The Morgan fingerprint density at radius 2 is 1.41 bits per heavy atom. The van der Waals surface area contributed by atoms with Gasteiger partial charge in [0.1, 0.15) is 11.6 Å². The molecule has 32 heavy (non-hydrogen) atoms. The van der Waals surface area contributed by atoms with Gasteiger partial charge in [0, 0.05) is 16.9 Å². The lowest BCUT2D eigenvalue weighted by atomic mass is 10.0. The number of rotatable bonds is 4. The summed E-state index contributed by atoms with van der Waals surface area (Å²) >= 11 is 0. The third kappa shape index (κ3) is 4.20. The first-order valence-electron chi connectivity index (χ1n) is 10.1. The summed E-state index contributed by atoms with van der Waals surface area (Å²) < 4.78 is 13.5. The number of imidazole rings is 1. The van der Waals surface area contributed by atoms with E-state index in [0.29, 0.717) is 22.5 Å². The molecular formula is C26H19FN4O. The Kier molecular flexibility index (Phi) is 5.09. The van der Waals surface area contributed by atoms with Gasteiger partial charge in [-0.3, -0.25) is 0 Å². The third-order valence-corrected chi connectivity index (χ3v) is 5.07. The smallest absolute Gasteiger partial charge is 0.323 e. The quantitative estimate of drug-likeness (QED) is 0.302. The molecule has 0 aliphatic heterocycles. The summed E-state index contributed by atoms with van der Waals surface area (Å²) in [7, 11) is 0.